The fraction of sp³-hybridized carbons (Fsp3) is 0.0833. The van der Waals surface area contributed by atoms with Gasteiger partial charge < -0.3 is 5.11 Å². The first kappa shape index (κ1) is 8.91. The van der Waals surface area contributed by atoms with Gasteiger partial charge in [0.1, 0.15) is 0 Å². The molecule has 1 aromatic carbocycles. The number of para-hydroxylation sites is 1. The summed E-state index contributed by atoms with van der Waals surface area (Å²) in [6.45, 7) is 3.69. The van der Waals surface area contributed by atoms with Gasteiger partial charge in [0.25, 0.3) is 0 Å². The van der Waals surface area contributed by atoms with Crippen LogP contribution in [0.15, 0.2) is 43.0 Å². The minimum Gasteiger partial charge on any atom is -0.392 e. The van der Waals surface area contributed by atoms with Crippen molar-refractivity contribution in [3.8, 4) is 0 Å². The number of pyridine rings is 1. The molecule has 0 amide bonds. The summed E-state index contributed by atoms with van der Waals surface area (Å²) in [7, 11) is 0. The highest BCUT2D eigenvalue weighted by molar-refractivity contribution is 5.80. The van der Waals surface area contributed by atoms with Gasteiger partial charge in [-0.2, -0.15) is 0 Å². The molecule has 0 unspecified atom stereocenters. The third-order valence-corrected chi connectivity index (χ3v) is 2.15. The Bertz CT molecular complexity index is 476. The van der Waals surface area contributed by atoms with E-state index < -0.39 is 0 Å². The highest BCUT2D eigenvalue weighted by Gasteiger charge is 2.00. The number of hydrogen-bond donors (Lipinski definition) is 1. The smallest absolute Gasteiger partial charge is 0.0709 e. The second-order valence-electron chi connectivity index (χ2n) is 3.15. The predicted octanol–water partition coefficient (Wildman–Crippen LogP) is 2.24. The van der Waals surface area contributed by atoms with E-state index in [0.717, 1.165) is 16.6 Å². The molecule has 2 rings (SSSR count). The van der Waals surface area contributed by atoms with Crippen LogP contribution in [-0.4, -0.2) is 16.7 Å². The van der Waals surface area contributed by atoms with E-state index in [1.165, 1.54) is 0 Å². The molecule has 0 aliphatic heterocycles. The van der Waals surface area contributed by atoms with E-state index in [9.17, 15) is 0 Å². The Hall–Kier alpha value is -1.67. The molecular formula is C12H11NO. The van der Waals surface area contributed by atoms with E-state index in [4.69, 9.17) is 5.11 Å². The summed E-state index contributed by atoms with van der Waals surface area (Å²) in [5.74, 6) is 0. The Labute approximate surface area is 82.5 Å². The van der Waals surface area contributed by atoms with Gasteiger partial charge in [-0.15, -0.1) is 0 Å². The number of aromatic nitrogens is 1. The highest BCUT2D eigenvalue weighted by atomic mass is 16.3. The van der Waals surface area contributed by atoms with Crippen molar-refractivity contribution in [2.45, 2.75) is 0 Å². The minimum absolute atomic E-state index is 0.0503. The molecule has 0 fully saturated rings. The van der Waals surface area contributed by atoms with Crippen LogP contribution in [0, 0.1) is 0 Å². The van der Waals surface area contributed by atoms with E-state index in [1.54, 1.807) is 0 Å². The Morgan fingerprint density at radius 3 is 2.79 bits per heavy atom. The zero-order chi connectivity index (χ0) is 9.97. The molecule has 0 aliphatic rings. The number of hydrogen-bond acceptors (Lipinski definition) is 2. The standard InChI is InChI=1S/C12H11NO/c1-9(8-14)11-7-6-10-4-2-3-5-12(10)13-11/h2-7,14H,1,8H2. The molecule has 14 heavy (non-hydrogen) atoms. The van der Waals surface area contributed by atoms with Gasteiger partial charge in [0.15, 0.2) is 0 Å². The molecule has 0 aliphatic carbocycles. The maximum Gasteiger partial charge on any atom is 0.0709 e. The lowest BCUT2D eigenvalue weighted by molar-refractivity contribution is 0.350. The van der Waals surface area contributed by atoms with Gasteiger partial charge in [-0.1, -0.05) is 30.8 Å². The fourth-order valence-corrected chi connectivity index (χ4v) is 1.34. The van der Waals surface area contributed by atoms with Crippen LogP contribution in [0.5, 0.6) is 0 Å². The summed E-state index contributed by atoms with van der Waals surface area (Å²) < 4.78 is 0. The summed E-state index contributed by atoms with van der Waals surface area (Å²) >= 11 is 0. The fourth-order valence-electron chi connectivity index (χ4n) is 1.34. The quantitative estimate of drug-likeness (QED) is 0.778. The van der Waals surface area contributed by atoms with Crippen LogP contribution >= 0.6 is 0 Å². The number of nitrogens with zero attached hydrogens (tertiary/aromatic N) is 1. The lowest BCUT2D eigenvalue weighted by Crippen LogP contribution is -1.92. The van der Waals surface area contributed by atoms with Crippen LogP contribution in [0.3, 0.4) is 0 Å². The second kappa shape index (κ2) is 3.60. The minimum atomic E-state index is -0.0503. The van der Waals surface area contributed by atoms with Crippen LogP contribution in [0.2, 0.25) is 0 Å². The third-order valence-electron chi connectivity index (χ3n) is 2.15. The Morgan fingerprint density at radius 2 is 2.00 bits per heavy atom. The molecule has 2 heteroatoms. The Morgan fingerprint density at radius 1 is 1.21 bits per heavy atom. The molecule has 70 valence electrons. The van der Waals surface area contributed by atoms with E-state index in [2.05, 4.69) is 11.6 Å². The second-order valence-corrected chi connectivity index (χ2v) is 3.15. The van der Waals surface area contributed by atoms with Crippen molar-refractivity contribution in [1.29, 1.82) is 0 Å². The summed E-state index contributed by atoms with van der Waals surface area (Å²) in [5, 5.41) is 10.0. The highest BCUT2D eigenvalue weighted by Crippen LogP contribution is 2.15. The molecule has 1 heterocycles. The molecular weight excluding hydrogens is 174 g/mol. The molecule has 0 bridgehead atoms. The number of benzene rings is 1. The summed E-state index contributed by atoms with van der Waals surface area (Å²) in [5.41, 5.74) is 2.33. The number of aliphatic hydroxyl groups excluding tert-OH is 1. The van der Waals surface area contributed by atoms with Crippen molar-refractivity contribution in [2.75, 3.05) is 6.61 Å². The lowest BCUT2D eigenvalue weighted by Gasteiger charge is -2.02. The van der Waals surface area contributed by atoms with Gasteiger partial charge in [-0.3, -0.25) is 0 Å². The van der Waals surface area contributed by atoms with Crippen molar-refractivity contribution in [2.24, 2.45) is 0 Å². The average molecular weight is 185 g/mol. The predicted molar refractivity (Wildman–Crippen MR) is 57.9 cm³/mol. The summed E-state index contributed by atoms with van der Waals surface area (Å²) in [6, 6.07) is 11.7. The molecule has 0 atom stereocenters. The van der Waals surface area contributed by atoms with Crippen molar-refractivity contribution < 1.29 is 5.11 Å². The van der Waals surface area contributed by atoms with Crippen LogP contribution in [0.25, 0.3) is 16.5 Å². The molecule has 0 saturated carbocycles. The Balaban J connectivity index is 2.56. The van der Waals surface area contributed by atoms with E-state index in [1.807, 2.05) is 36.4 Å². The van der Waals surface area contributed by atoms with Crippen LogP contribution in [-0.2, 0) is 0 Å². The molecule has 0 saturated heterocycles. The van der Waals surface area contributed by atoms with Gasteiger partial charge in [0, 0.05) is 5.39 Å². The van der Waals surface area contributed by atoms with Crippen LogP contribution < -0.4 is 0 Å². The van der Waals surface area contributed by atoms with E-state index in [-0.39, 0.29) is 6.61 Å². The first-order chi connectivity index (χ1) is 6.81. The van der Waals surface area contributed by atoms with Gasteiger partial charge in [0.2, 0.25) is 0 Å². The largest absolute Gasteiger partial charge is 0.392 e. The normalized spacial score (nSPS) is 10.4. The van der Waals surface area contributed by atoms with Crippen molar-refractivity contribution in [3.05, 3.63) is 48.7 Å². The zero-order valence-corrected chi connectivity index (χ0v) is 7.77. The van der Waals surface area contributed by atoms with Crippen LogP contribution in [0.4, 0.5) is 0 Å². The Kier molecular flexibility index (Phi) is 2.29. The maximum atomic E-state index is 8.92. The molecule has 1 N–H and O–H groups in total. The average Bonchev–Trinajstić information content (AvgIpc) is 2.27. The van der Waals surface area contributed by atoms with Crippen molar-refractivity contribution >= 4 is 16.5 Å². The van der Waals surface area contributed by atoms with Crippen LogP contribution in [0.1, 0.15) is 5.69 Å². The molecule has 1 aromatic heterocycles. The molecule has 0 spiro atoms. The maximum absolute atomic E-state index is 8.92. The zero-order valence-electron chi connectivity index (χ0n) is 7.77. The third kappa shape index (κ3) is 1.52. The van der Waals surface area contributed by atoms with E-state index in [0.29, 0.717) is 5.57 Å². The molecule has 2 aromatic rings. The van der Waals surface area contributed by atoms with Gasteiger partial charge in [-0.25, -0.2) is 4.98 Å². The van der Waals surface area contributed by atoms with Crippen molar-refractivity contribution in [3.63, 3.8) is 0 Å². The first-order valence-corrected chi connectivity index (χ1v) is 4.46. The number of aliphatic hydroxyl groups is 1. The SMILES string of the molecule is C=C(CO)c1ccc2ccccc2n1. The summed E-state index contributed by atoms with van der Waals surface area (Å²) in [6.07, 6.45) is 0. The number of fused-ring (bicyclic) bond motifs is 1. The number of rotatable bonds is 2. The van der Waals surface area contributed by atoms with Crippen molar-refractivity contribution in [1.82, 2.24) is 4.98 Å². The lowest BCUT2D eigenvalue weighted by atomic mass is 10.1. The monoisotopic (exact) mass is 185 g/mol. The van der Waals surface area contributed by atoms with Gasteiger partial charge in [0.05, 0.1) is 17.8 Å². The summed E-state index contributed by atoms with van der Waals surface area (Å²) in [4.78, 5) is 4.39. The van der Waals surface area contributed by atoms with Gasteiger partial charge >= 0.3 is 0 Å². The first-order valence-electron chi connectivity index (χ1n) is 4.46. The molecule has 2 nitrogen and oxygen atoms in total. The van der Waals surface area contributed by atoms with Gasteiger partial charge in [-0.05, 0) is 17.7 Å². The topological polar surface area (TPSA) is 33.1 Å². The van der Waals surface area contributed by atoms with E-state index >= 15 is 0 Å². The molecule has 0 radical (unpaired) electrons.